The van der Waals surface area contributed by atoms with Crippen molar-refractivity contribution in [1.29, 1.82) is 0 Å². The van der Waals surface area contributed by atoms with E-state index in [2.05, 4.69) is 17.5 Å². The molecule has 2 atom stereocenters. The van der Waals surface area contributed by atoms with Crippen LogP contribution in [0.2, 0.25) is 0 Å². The first-order valence-electron chi connectivity index (χ1n) is 4.43. The number of piperidine rings is 1. The van der Waals surface area contributed by atoms with Crippen molar-refractivity contribution in [3.8, 4) is 0 Å². The molecule has 3 aliphatic rings. The van der Waals surface area contributed by atoms with Crippen LogP contribution >= 0.6 is 0 Å². The van der Waals surface area contributed by atoms with Crippen molar-refractivity contribution in [2.45, 2.75) is 25.5 Å². The zero-order chi connectivity index (χ0) is 7.73. The monoisotopic (exact) mass is 153 g/mol. The zero-order valence-corrected chi connectivity index (χ0v) is 6.97. The maximum Gasteiger partial charge on any atom is 0.138 e. The molecule has 0 aromatic rings. The molecule has 0 amide bonds. The van der Waals surface area contributed by atoms with Crippen molar-refractivity contribution < 1.29 is 4.74 Å². The van der Waals surface area contributed by atoms with E-state index >= 15 is 0 Å². The molecule has 0 aromatic carbocycles. The number of hydrogen-bond acceptors (Lipinski definition) is 2. The van der Waals surface area contributed by atoms with Gasteiger partial charge in [0, 0.05) is 13.2 Å². The third-order valence-electron chi connectivity index (χ3n) is 2.59. The van der Waals surface area contributed by atoms with E-state index in [4.69, 9.17) is 4.74 Å². The molecule has 0 aromatic heterocycles. The summed E-state index contributed by atoms with van der Waals surface area (Å²) in [4.78, 5) is 0. The molecule has 2 nitrogen and oxygen atoms in total. The average Bonchev–Trinajstić information content (AvgIpc) is 2.07. The van der Waals surface area contributed by atoms with Crippen molar-refractivity contribution in [3.05, 3.63) is 12.2 Å². The fraction of sp³-hybridized carbons (Fsp3) is 0.778. The Hall–Kier alpha value is -0.340. The zero-order valence-electron chi connectivity index (χ0n) is 6.97. The molecule has 1 aliphatic carbocycles. The van der Waals surface area contributed by atoms with Gasteiger partial charge in [-0.05, 0) is 31.8 Å². The Kier molecular flexibility index (Phi) is 1.74. The Labute approximate surface area is 67.6 Å². The highest BCUT2D eigenvalue weighted by atomic mass is 16.5. The van der Waals surface area contributed by atoms with Crippen molar-refractivity contribution >= 4 is 0 Å². The van der Waals surface area contributed by atoms with Crippen LogP contribution in [0.4, 0.5) is 0 Å². The fourth-order valence-electron chi connectivity index (χ4n) is 1.92. The predicted octanol–water partition coefficient (Wildman–Crippen LogP) is 1.29. The molecular weight excluding hydrogens is 138 g/mol. The maximum absolute atomic E-state index is 5.66. The summed E-state index contributed by atoms with van der Waals surface area (Å²) in [5.74, 6) is 0.761. The highest BCUT2D eigenvalue weighted by molar-refractivity contribution is 5.12. The average molecular weight is 153 g/mol. The van der Waals surface area contributed by atoms with E-state index in [1.807, 2.05) is 6.92 Å². The number of ether oxygens (including phenoxy) is 1. The largest absolute Gasteiger partial charge is 0.357 e. The molecule has 11 heavy (non-hydrogen) atoms. The van der Waals surface area contributed by atoms with Gasteiger partial charge in [0.05, 0.1) is 0 Å². The van der Waals surface area contributed by atoms with Crippen molar-refractivity contribution in [2.24, 2.45) is 5.92 Å². The highest BCUT2D eigenvalue weighted by Gasteiger charge is 2.36. The summed E-state index contributed by atoms with van der Waals surface area (Å²) in [6, 6.07) is 0. The van der Waals surface area contributed by atoms with E-state index in [1.165, 1.54) is 6.42 Å². The van der Waals surface area contributed by atoms with Gasteiger partial charge in [-0.2, -0.15) is 0 Å². The second-order valence-electron chi connectivity index (χ2n) is 3.36. The first-order chi connectivity index (χ1) is 5.35. The van der Waals surface area contributed by atoms with Crippen LogP contribution in [0.3, 0.4) is 0 Å². The summed E-state index contributed by atoms with van der Waals surface area (Å²) < 4.78 is 5.66. The molecule has 1 fully saturated rings. The molecule has 1 saturated heterocycles. The summed E-state index contributed by atoms with van der Waals surface area (Å²) in [5, 5.41) is 3.42. The van der Waals surface area contributed by atoms with Crippen LogP contribution in [0.15, 0.2) is 12.2 Å². The molecule has 0 saturated carbocycles. The van der Waals surface area contributed by atoms with Gasteiger partial charge in [-0.15, -0.1) is 0 Å². The minimum Gasteiger partial charge on any atom is -0.357 e. The number of nitrogens with one attached hydrogen (secondary N) is 1. The minimum absolute atomic E-state index is 0.0938. The van der Waals surface area contributed by atoms with Crippen LogP contribution in [0.1, 0.15) is 19.8 Å². The van der Waals surface area contributed by atoms with Gasteiger partial charge in [-0.25, -0.2) is 0 Å². The van der Waals surface area contributed by atoms with E-state index < -0.39 is 0 Å². The third kappa shape index (κ3) is 1.21. The van der Waals surface area contributed by atoms with E-state index in [0.29, 0.717) is 0 Å². The molecule has 1 N–H and O–H groups in total. The van der Waals surface area contributed by atoms with Gasteiger partial charge in [0.1, 0.15) is 5.72 Å². The summed E-state index contributed by atoms with van der Waals surface area (Å²) >= 11 is 0. The Balaban J connectivity index is 2.11. The highest BCUT2D eigenvalue weighted by Crippen LogP contribution is 2.31. The normalized spacial score (nSPS) is 41.4. The van der Waals surface area contributed by atoms with E-state index in [1.54, 1.807) is 0 Å². The first-order valence-corrected chi connectivity index (χ1v) is 4.43. The van der Waals surface area contributed by atoms with Gasteiger partial charge < -0.3 is 4.74 Å². The lowest BCUT2D eigenvalue weighted by molar-refractivity contribution is -0.0580. The van der Waals surface area contributed by atoms with Crippen LogP contribution < -0.4 is 5.32 Å². The second-order valence-corrected chi connectivity index (χ2v) is 3.36. The molecule has 62 valence electrons. The van der Waals surface area contributed by atoms with Crippen LogP contribution in [0.25, 0.3) is 0 Å². The molecule has 3 rings (SSSR count). The second kappa shape index (κ2) is 2.61. The van der Waals surface area contributed by atoms with Gasteiger partial charge >= 0.3 is 0 Å². The summed E-state index contributed by atoms with van der Waals surface area (Å²) in [6.07, 6.45) is 6.90. The van der Waals surface area contributed by atoms with Gasteiger partial charge in [-0.3, -0.25) is 5.32 Å². The van der Waals surface area contributed by atoms with Crippen LogP contribution in [-0.4, -0.2) is 18.9 Å². The van der Waals surface area contributed by atoms with Crippen molar-refractivity contribution in [2.75, 3.05) is 13.2 Å². The molecule has 2 heterocycles. The minimum atomic E-state index is -0.0938. The number of rotatable bonds is 2. The lowest BCUT2D eigenvalue weighted by Crippen LogP contribution is -2.54. The Morgan fingerprint density at radius 2 is 2.64 bits per heavy atom. The first kappa shape index (κ1) is 7.32. The summed E-state index contributed by atoms with van der Waals surface area (Å²) in [7, 11) is 0. The van der Waals surface area contributed by atoms with Crippen LogP contribution in [-0.2, 0) is 4.74 Å². The molecule has 2 heteroatoms. The Bertz CT molecular complexity index is 168. The summed E-state index contributed by atoms with van der Waals surface area (Å²) in [6.45, 7) is 3.93. The topological polar surface area (TPSA) is 21.3 Å². The van der Waals surface area contributed by atoms with Crippen LogP contribution in [0, 0.1) is 5.92 Å². The standard InChI is InChI=1S/C9H15NO/c1-2-11-9-5-3-8(4-6-9)7-10-9/h3,5,8,10H,2,4,6-7H2,1H3. The Morgan fingerprint density at radius 3 is 3.09 bits per heavy atom. The number of fused-ring (bicyclic) bond motifs is 2. The molecule has 0 radical (unpaired) electrons. The van der Waals surface area contributed by atoms with E-state index in [0.717, 1.165) is 25.5 Å². The van der Waals surface area contributed by atoms with Gasteiger partial charge in [0.2, 0.25) is 0 Å². The van der Waals surface area contributed by atoms with Crippen molar-refractivity contribution in [1.82, 2.24) is 5.32 Å². The number of hydrogen-bond donors (Lipinski definition) is 1. The maximum atomic E-state index is 5.66. The smallest absolute Gasteiger partial charge is 0.138 e. The fourth-order valence-corrected chi connectivity index (χ4v) is 1.92. The van der Waals surface area contributed by atoms with Gasteiger partial charge in [-0.1, -0.05) is 6.08 Å². The lowest BCUT2D eigenvalue weighted by atomic mass is 9.85. The third-order valence-corrected chi connectivity index (χ3v) is 2.59. The van der Waals surface area contributed by atoms with E-state index in [9.17, 15) is 0 Å². The molecule has 2 bridgehead atoms. The van der Waals surface area contributed by atoms with Gasteiger partial charge in [0.15, 0.2) is 0 Å². The summed E-state index contributed by atoms with van der Waals surface area (Å²) in [5.41, 5.74) is -0.0938. The van der Waals surface area contributed by atoms with Crippen LogP contribution in [0.5, 0.6) is 0 Å². The SMILES string of the molecule is CCOC12C=CC(CC1)CN2. The lowest BCUT2D eigenvalue weighted by Gasteiger charge is -2.42. The predicted molar refractivity (Wildman–Crippen MR) is 44.2 cm³/mol. The Morgan fingerprint density at radius 1 is 1.73 bits per heavy atom. The molecule has 0 spiro atoms. The molecule has 2 aliphatic heterocycles. The van der Waals surface area contributed by atoms with Gasteiger partial charge in [0.25, 0.3) is 0 Å². The quantitative estimate of drug-likeness (QED) is 0.603. The van der Waals surface area contributed by atoms with Crippen molar-refractivity contribution in [3.63, 3.8) is 0 Å². The van der Waals surface area contributed by atoms with E-state index in [-0.39, 0.29) is 5.72 Å². The molecular formula is C9H15NO. The molecule has 2 unspecified atom stereocenters.